The molecule has 23 heavy (non-hydrogen) atoms. The van der Waals surface area contributed by atoms with E-state index in [1.165, 1.54) is 0 Å². The lowest BCUT2D eigenvalue weighted by molar-refractivity contribution is -0.199. The van der Waals surface area contributed by atoms with Crippen LogP contribution >= 0.6 is 0 Å². The van der Waals surface area contributed by atoms with Crippen LogP contribution in [0, 0.1) is 11.3 Å². The monoisotopic (exact) mass is 337 g/mol. The zero-order chi connectivity index (χ0) is 17.3. The highest BCUT2D eigenvalue weighted by molar-refractivity contribution is 5.80. The van der Waals surface area contributed by atoms with Crippen LogP contribution in [0.25, 0.3) is 0 Å². The molecule has 0 aromatic heterocycles. The fourth-order valence-corrected chi connectivity index (χ4v) is 3.56. The van der Waals surface area contributed by atoms with Crippen molar-refractivity contribution >= 4 is 5.96 Å². The number of halogens is 3. The highest BCUT2D eigenvalue weighted by atomic mass is 19.4. The van der Waals surface area contributed by atoms with Gasteiger partial charge in [-0.2, -0.15) is 13.2 Å². The summed E-state index contributed by atoms with van der Waals surface area (Å²) in [5, 5.41) is 15.3. The molecule has 0 bridgehead atoms. The first-order chi connectivity index (χ1) is 10.7. The maximum Gasteiger partial charge on any atom is 0.416 e. The Morgan fingerprint density at radius 3 is 2.74 bits per heavy atom. The molecule has 0 radical (unpaired) electrons. The molecule has 3 N–H and O–H groups in total. The van der Waals surface area contributed by atoms with Gasteiger partial charge in [0.2, 0.25) is 0 Å². The Morgan fingerprint density at radius 2 is 2.13 bits per heavy atom. The Balaban J connectivity index is 2.01. The van der Waals surface area contributed by atoms with Gasteiger partial charge in [0.05, 0.1) is 12.6 Å². The molecule has 134 valence electrons. The molecule has 2 fully saturated rings. The second kappa shape index (κ2) is 6.84. The Hall–Kier alpha value is -1.02. The van der Waals surface area contributed by atoms with Crippen LogP contribution in [0.1, 0.15) is 33.6 Å². The minimum absolute atomic E-state index is 0.0913. The number of nitrogens with zero attached hydrogens (tertiary/aromatic N) is 1. The Morgan fingerprint density at radius 1 is 1.43 bits per heavy atom. The molecule has 1 saturated heterocycles. The zero-order valence-corrected chi connectivity index (χ0v) is 13.8. The lowest BCUT2D eigenvalue weighted by Gasteiger charge is -2.60. The summed E-state index contributed by atoms with van der Waals surface area (Å²) in [6.07, 6.45) is -4.89. The highest BCUT2D eigenvalue weighted by Crippen LogP contribution is 2.51. The van der Waals surface area contributed by atoms with Crippen molar-refractivity contribution in [1.82, 2.24) is 10.6 Å². The third-order valence-electron chi connectivity index (χ3n) is 4.77. The molecule has 0 amide bonds. The average molecular weight is 337 g/mol. The number of hydrogen-bond acceptors (Lipinski definition) is 3. The number of hydrogen-bond donors (Lipinski definition) is 3. The molecule has 0 spiro atoms. The van der Waals surface area contributed by atoms with Gasteiger partial charge in [-0.25, -0.2) is 0 Å². The Kier molecular flexibility index (Phi) is 5.45. The van der Waals surface area contributed by atoms with Crippen LogP contribution in [0.5, 0.6) is 0 Å². The number of alkyl halides is 3. The number of nitrogens with one attached hydrogen (secondary N) is 2. The van der Waals surface area contributed by atoms with Gasteiger partial charge in [0.25, 0.3) is 0 Å². The first kappa shape index (κ1) is 18.3. The van der Waals surface area contributed by atoms with Crippen LogP contribution in [0.15, 0.2) is 4.99 Å². The zero-order valence-electron chi connectivity index (χ0n) is 13.8. The minimum Gasteiger partial charge on any atom is -0.382 e. The lowest BCUT2D eigenvalue weighted by Crippen LogP contribution is -2.71. The predicted octanol–water partition coefficient (Wildman–Crippen LogP) is 1.67. The molecule has 1 aliphatic carbocycles. The van der Waals surface area contributed by atoms with Gasteiger partial charge in [-0.3, -0.25) is 4.99 Å². The van der Waals surface area contributed by atoms with Crippen molar-refractivity contribution in [2.75, 3.05) is 19.7 Å². The quantitative estimate of drug-likeness (QED) is 0.539. The number of guanidine groups is 1. The van der Waals surface area contributed by atoms with Gasteiger partial charge in [0.15, 0.2) is 12.1 Å². The second-order valence-corrected chi connectivity index (χ2v) is 6.82. The molecule has 0 aromatic rings. The third kappa shape index (κ3) is 3.91. The number of aliphatic hydroxyl groups excluding tert-OH is 1. The maximum atomic E-state index is 12.4. The SMILES string of the molecule is CCNC(=NCC(O)C(F)(F)F)NC1C2CCCOC2C1(C)C. The topological polar surface area (TPSA) is 65.9 Å². The first-order valence-corrected chi connectivity index (χ1v) is 8.09. The van der Waals surface area contributed by atoms with E-state index >= 15 is 0 Å². The molecule has 0 aromatic carbocycles. The van der Waals surface area contributed by atoms with Crippen molar-refractivity contribution in [3.05, 3.63) is 0 Å². The van der Waals surface area contributed by atoms with Gasteiger partial charge in [0, 0.05) is 30.5 Å². The van der Waals surface area contributed by atoms with Gasteiger partial charge >= 0.3 is 6.18 Å². The van der Waals surface area contributed by atoms with Crippen LogP contribution in [0.3, 0.4) is 0 Å². The first-order valence-electron chi connectivity index (χ1n) is 8.09. The molecule has 4 atom stereocenters. The lowest BCUT2D eigenvalue weighted by atomic mass is 9.55. The predicted molar refractivity (Wildman–Crippen MR) is 81.2 cm³/mol. The van der Waals surface area contributed by atoms with Gasteiger partial charge < -0.3 is 20.5 Å². The van der Waals surface area contributed by atoms with Crippen molar-refractivity contribution in [2.24, 2.45) is 16.3 Å². The number of fused-ring (bicyclic) bond motifs is 1. The number of aliphatic hydroxyl groups is 1. The molecule has 1 saturated carbocycles. The van der Waals surface area contributed by atoms with Crippen LogP contribution < -0.4 is 10.6 Å². The molecule has 2 aliphatic rings. The van der Waals surface area contributed by atoms with Crippen LogP contribution in [-0.2, 0) is 4.74 Å². The smallest absolute Gasteiger partial charge is 0.382 e. The number of ether oxygens (including phenoxy) is 1. The molecular weight excluding hydrogens is 311 g/mol. The molecule has 2 rings (SSSR count). The van der Waals surface area contributed by atoms with E-state index in [1.807, 2.05) is 6.92 Å². The van der Waals surface area contributed by atoms with Gasteiger partial charge in [-0.1, -0.05) is 13.8 Å². The maximum absolute atomic E-state index is 12.4. The van der Waals surface area contributed by atoms with Gasteiger partial charge in [-0.15, -0.1) is 0 Å². The van der Waals surface area contributed by atoms with Crippen LogP contribution in [0.2, 0.25) is 0 Å². The van der Waals surface area contributed by atoms with E-state index in [2.05, 4.69) is 29.5 Å². The van der Waals surface area contributed by atoms with Crippen LogP contribution in [0.4, 0.5) is 13.2 Å². The van der Waals surface area contributed by atoms with Gasteiger partial charge in [0.1, 0.15) is 0 Å². The standard InChI is InChI=1S/C15H26F3N3O2/c1-4-19-13(20-8-10(22)15(16,17)18)21-11-9-6-5-7-23-12(9)14(11,2)3/h9-12,22H,4-8H2,1-3H3,(H2,19,20,21). The minimum atomic E-state index is -4.65. The second-order valence-electron chi connectivity index (χ2n) is 6.82. The van der Waals surface area contributed by atoms with Crippen molar-refractivity contribution in [3.63, 3.8) is 0 Å². The van der Waals surface area contributed by atoms with Crippen LogP contribution in [-0.4, -0.2) is 55.2 Å². The normalized spacial score (nSPS) is 31.8. The highest BCUT2D eigenvalue weighted by Gasteiger charge is 2.58. The third-order valence-corrected chi connectivity index (χ3v) is 4.77. The Labute approximate surface area is 134 Å². The summed E-state index contributed by atoms with van der Waals surface area (Å²) in [6, 6.07) is 0.0913. The summed E-state index contributed by atoms with van der Waals surface area (Å²) in [6.45, 7) is 6.61. The van der Waals surface area contributed by atoms with Crippen molar-refractivity contribution < 1.29 is 23.0 Å². The van der Waals surface area contributed by atoms with E-state index in [9.17, 15) is 13.2 Å². The van der Waals surface area contributed by atoms with E-state index in [1.54, 1.807) is 0 Å². The van der Waals surface area contributed by atoms with Crippen molar-refractivity contribution in [1.29, 1.82) is 0 Å². The van der Waals surface area contributed by atoms with Gasteiger partial charge in [-0.05, 0) is 19.8 Å². The molecule has 8 heteroatoms. The largest absolute Gasteiger partial charge is 0.416 e. The van der Waals surface area contributed by atoms with Crippen molar-refractivity contribution in [3.8, 4) is 0 Å². The summed E-state index contributed by atoms with van der Waals surface area (Å²) in [4.78, 5) is 3.89. The molecule has 4 unspecified atom stereocenters. The van der Waals surface area contributed by atoms with E-state index in [0.717, 1.165) is 19.4 Å². The van der Waals surface area contributed by atoms with E-state index in [0.29, 0.717) is 18.4 Å². The number of aliphatic imine (C=N–C) groups is 1. The summed E-state index contributed by atoms with van der Waals surface area (Å²) in [5.74, 6) is 0.646. The van der Waals surface area contributed by atoms with Crippen molar-refractivity contribution in [2.45, 2.75) is 58.0 Å². The van der Waals surface area contributed by atoms with E-state index in [4.69, 9.17) is 9.84 Å². The number of rotatable bonds is 4. The average Bonchev–Trinajstić information content (AvgIpc) is 2.48. The summed E-state index contributed by atoms with van der Waals surface area (Å²) >= 11 is 0. The molecule has 5 nitrogen and oxygen atoms in total. The fourth-order valence-electron chi connectivity index (χ4n) is 3.56. The van der Waals surface area contributed by atoms with E-state index in [-0.39, 0.29) is 17.6 Å². The fraction of sp³-hybridized carbons (Fsp3) is 0.933. The van der Waals surface area contributed by atoms with E-state index < -0.39 is 18.8 Å². The Bertz CT molecular complexity index is 440. The molecule has 1 aliphatic heterocycles. The summed E-state index contributed by atoms with van der Waals surface area (Å²) in [5.41, 5.74) is -0.107. The molecular formula is C15H26F3N3O2. The summed E-state index contributed by atoms with van der Waals surface area (Å²) < 4.78 is 43.0. The molecule has 1 heterocycles. The summed E-state index contributed by atoms with van der Waals surface area (Å²) in [7, 11) is 0.